The number of anilines is 1. The summed E-state index contributed by atoms with van der Waals surface area (Å²) >= 11 is 0.833. The highest BCUT2D eigenvalue weighted by molar-refractivity contribution is 7.93. The molecule has 1 aromatic carbocycles. The van der Waals surface area contributed by atoms with Crippen molar-refractivity contribution in [2.45, 2.75) is 4.90 Å². The first-order valence-electron chi connectivity index (χ1n) is 4.23. The molecule has 2 rings (SSSR count). The maximum atomic E-state index is 12.9. The Bertz CT molecular complexity index is 628. The van der Waals surface area contributed by atoms with Gasteiger partial charge in [-0.2, -0.15) is 4.37 Å². The number of hydrogen-bond donors (Lipinski definition) is 1. The number of nitrogens with one attached hydrogen (secondary N) is 1. The maximum Gasteiger partial charge on any atom is 0.263 e. The van der Waals surface area contributed by atoms with Gasteiger partial charge >= 0.3 is 0 Å². The van der Waals surface area contributed by atoms with Gasteiger partial charge in [0.05, 0.1) is 4.90 Å². The summed E-state index contributed by atoms with van der Waals surface area (Å²) in [4.78, 5) is 3.23. The molecule has 90 valence electrons. The minimum atomic E-state index is -3.97. The van der Waals surface area contributed by atoms with Crippen LogP contribution in [-0.2, 0) is 10.0 Å². The predicted octanol–water partition coefficient (Wildman–Crippen LogP) is 1.62. The molecule has 0 spiro atoms. The fourth-order valence-electron chi connectivity index (χ4n) is 1.04. The molecule has 1 N–H and O–H groups in total. The Labute approximate surface area is 99.4 Å². The van der Waals surface area contributed by atoms with Crippen LogP contribution in [0.25, 0.3) is 0 Å². The van der Waals surface area contributed by atoms with Crippen LogP contribution in [0.5, 0.6) is 0 Å². The zero-order valence-electron chi connectivity index (χ0n) is 8.09. The molecular formula is C8H5F2N3O2S2. The Morgan fingerprint density at radius 3 is 2.59 bits per heavy atom. The molecule has 1 heterocycles. The SMILES string of the molecule is O=S(=O)(Nc1ncns1)c1ccc(F)c(F)c1. The highest BCUT2D eigenvalue weighted by Crippen LogP contribution is 2.18. The number of sulfonamides is 1. The highest BCUT2D eigenvalue weighted by atomic mass is 32.2. The van der Waals surface area contributed by atoms with E-state index in [1.54, 1.807) is 0 Å². The summed E-state index contributed by atoms with van der Waals surface area (Å²) in [5, 5.41) is 0.0507. The first-order valence-corrected chi connectivity index (χ1v) is 6.49. The van der Waals surface area contributed by atoms with Crippen molar-refractivity contribution in [2.75, 3.05) is 4.72 Å². The van der Waals surface area contributed by atoms with Gasteiger partial charge in [0.25, 0.3) is 10.0 Å². The van der Waals surface area contributed by atoms with Gasteiger partial charge in [-0.1, -0.05) is 0 Å². The first-order chi connectivity index (χ1) is 7.99. The van der Waals surface area contributed by atoms with Crippen LogP contribution >= 0.6 is 11.5 Å². The molecule has 0 bridgehead atoms. The van der Waals surface area contributed by atoms with Crippen molar-refractivity contribution in [3.63, 3.8) is 0 Å². The monoisotopic (exact) mass is 277 g/mol. The summed E-state index contributed by atoms with van der Waals surface area (Å²) in [6.45, 7) is 0. The summed E-state index contributed by atoms with van der Waals surface area (Å²) in [5.74, 6) is -2.34. The van der Waals surface area contributed by atoms with Gasteiger partial charge in [-0.25, -0.2) is 22.2 Å². The third-order valence-corrected chi connectivity index (χ3v) is 3.83. The number of benzene rings is 1. The van der Waals surface area contributed by atoms with Crippen LogP contribution in [-0.4, -0.2) is 17.8 Å². The van der Waals surface area contributed by atoms with Gasteiger partial charge in [-0.3, -0.25) is 4.72 Å². The fraction of sp³-hybridized carbons (Fsp3) is 0. The van der Waals surface area contributed by atoms with E-state index < -0.39 is 21.7 Å². The summed E-state index contributed by atoms with van der Waals surface area (Å²) < 4.78 is 54.6. The average Bonchev–Trinajstić information content (AvgIpc) is 2.73. The second-order valence-corrected chi connectivity index (χ2v) is 5.39. The molecule has 0 aliphatic heterocycles. The van der Waals surface area contributed by atoms with E-state index in [2.05, 4.69) is 14.1 Å². The van der Waals surface area contributed by atoms with E-state index in [0.717, 1.165) is 23.7 Å². The van der Waals surface area contributed by atoms with Gasteiger partial charge in [0.2, 0.25) is 5.13 Å². The molecular weight excluding hydrogens is 272 g/mol. The van der Waals surface area contributed by atoms with Gasteiger partial charge in [0.15, 0.2) is 11.6 Å². The topological polar surface area (TPSA) is 72.0 Å². The van der Waals surface area contributed by atoms with Crippen molar-refractivity contribution < 1.29 is 17.2 Å². The molecule has 5 nitrogen and oxygen atoms in total. The minimum Gasteiger partial charge on any atom is -0.253 e. The molecule has 0 amide bonds. The molecule has 0 radical (unpaired) electrons. The van der Waals surface area contributed by atoms with Gasteiger partial charge in [0.1, 0.15) is 6.33 Å². The van der Waals surface area contributed by atoms with E-state index in [4.69, 9.17) is 0 Å². The molecule has 1 aromatic heterocycles. The van der Waals surface area contributed by atoms with Crippen LogP contribution < -0.4 is 4.72 Å². The van der Waals surface area contributed by atoms with Crippen LogP contribution in [0.4, 0.5) is 13.9 Å². The molecule has 0 saturated heterocycles. The van der Waals surface area contributed by atoms with E-state index in [-0.39, 0.29) is 10.0 Å². The lowest BCUT2D eigenvalue weighted by Gasteiger charge is -2.04. The third kappa shape index (κ3) is 2.56. The zero-order valence-corrected chi connectivity index (χ0v) is 9.73. The second kappa shape index (κ2) is 4.34. The van der Waals surface area contributed by atoms with Crippen molar-refractivity contribution in [2.24, 2.45) is 0 Å². The predicted molar refractivity (Wildman–Crippen MR) is 57.1 cm³/mol. The third-order valence-electron chi connectivity index (χ3n) is 1.78. The van der Waals surface area contributed by atoms with Crippen LogP contribution in [0.2, 0.25) is 0 Å². The van der Waals surface area contributed by atoms with Crippen molar-refractivity contribution in [3.05, 3.63) is 36.2 Å². The largest absolute Gasteiger partial charge is 0.263 e. The van der Waals surface area contributed by atoms with E-state index >= 15 is 0 Å². The van der Waals surface area contributed by atoms with Crippen molar-refractivity contribution in [1.82, 2.24) is 9.36 Å². The molecule has 0 unspecified atom stereocenters. The Hall–Kier alpha value is -1.61. The lowest BCUT2D eigenvalue weighted by Crippen LogP contribution is -2.13. The summed E-state index contributed by atoms with van der Waals surface area (Å²) in [5.41, 5.74) is 0. The Morgan fingerprint density at radius 2 is 2.00 bits per heavy atom. The minimum absolute atomic E-state index is 0.0507. The highest BCUT2D eigenvalue weighted by Gasteiger charge is 2.17. The molecule has 0 aliphatic rings. The van der Waals surface area contributed by atoms with E-state index in [0.29, 0.717) is 6.07 Å². The van der Waals surface area contributed by atoms with Crippen molar-refractivity contribution in [3.8, 4) is 0 Å². The summed E-state index contributed by atoms with van der Waals surface area (Å²) in [6.07, 6.45) is 1.17. The quantitative estimate of drug-likeness (QED) is 0.925. The maximum absolute atomic E-state index is 12.9. The molecule has 17 heavy (non-hydrogen) atoms. The Balaban J connectivity index is 2.35. The number of halogens is 2. The van der Waals surface area contributed by atoms with Gasteiger partial charge < -0.3 is 0 Å². The Morgan fingerprint density at radius 1 is 1.24 bits per heavy atom. The van der Waals surface area contributed by atoms with Crippen molar-refractivity contribution >= 4 is 26.7 Å². The first kappa shape index (κ1) is 11.9. The van der Waals surface area contributed by atoms with E-state index in [1.807, 2.05) is 0 Å². The number of rotatable bonds is 3. The van der Waals surface area contributed by atoms with Gasteiger partial charge in [-0.05, 0) is 18.2 Å². The smallest absolute Gasteiger partial charge is 0.253 e. The number of nitrogens with zero attached hydrogens (tertiary/aromatic N) is 2. The molecule has 0 atom stereocenters. The summed E-state index contributed by atoms with van der Waals surface area (Å²) in [7, 11) is -3.97. The number of aromatic nitrogens is 2. The second-order valence-electron chi connectivity index (χ2n) is 2.93. The van der Waals surface area contributed by atoms with Gasteiger partial charge in [0, 0.05) is 11.5 Å². The van der Waals surface area contributed by atoms with Crippen LogP contribution in [0, 0.1) is 11.6 Å². The molecule has 0 fully saturated rings. The standard InChI is InChI=1S/C8H5F2N3O2S2/c9-6-2-1-5(3-7(6)10)17(14,15)13-8-11-4-12-16-8/h1-4H,(H,11,12,13). The summed E-state index contributed by atoms with van der Waals surface area (Å²) in [6, 6.07) is 2.30. The van der Waals surface area contributed by atoms with E-state index in [1.165, 1.54) is 6.33 Å². The van der Waals surface area contributed by atoms with Crippen LogP contribution in [0.3, 0.4) is 0 Å². The molecule has 0 aliphatic carbocycles. The van der Waals surface area contributed by atoms with Crippen LogP contribution in [0.1, 0.15) is 0 Å². The van der Waals surface area contributed by atoms with E-state index in [9.17, 15) is 17.2 Å². The van der Waals surface area contributed by atoms with Crippen LogP contribution in [0.15, 0.2) is 29.4 Å². The lowest BCUT2D eigenvalue weighted by atomic mass is 10.3. The molecule has 0 saturated carbocycles. The van der Waals surface area contributed by atoms with Gasteiger partial charge in [-0.15, -0.1) is 0 Å². The normalized spacial score (nSPS) is 11.4. The lowest BCUT2D eigenvalue weighted by molar-refractivity contribution is 0.504. The number of hydrogen-bond acceptors (Lipinski definition) is 5. The fourth-order valence-corrected chi connectivity index (χ4v) is 2.71. The molecule has 9 heteroatoms. The molecule has 2 aromatic rings. The zero-order chi connectivity index (χ0) is 12.5. The average molecular weight is 277 g/mol. The van der Waals surface area contributed by atoms with Crippen molar-refractivity contribution in [1.29, 1.82) is 0 Å². The Kier molecular flexibility index (Phi) is 3.03.